The molecule has 2 saturated heterocycles. The van der Waals surface area contributed by atoms with E-state index in [0.29, 0.717) is 13.1 Å². The molecule has 1 unspecified atom stereocenters. The summed E-state index contributed by atoms with van der Waals surface area (Å²) in [5.41, 5.74) is 2.59. The van der Waals surface area contributed by atoms with E-state index in [2.05, 4.69) is 18.7 Å². The Morgan fingerprint density at radius 2 is 1.67 bits per heavy atom. The number of nitrogens with zero attached hydrogens (tertiary/aromatic N) is 4. The van der Waals surface area contributed by atoms with Gasteiger partial charge in [-0.3, -0.25) is 14.4 Å². The maximum atomic E-state index is 14.8. The Bertz CT molecular complexity index is 1410. The first-order valence-electron chi connectivity index (χ1n) is 14.8. The fourth-order valence-corrected chi connectivity index (χ4v) is 9.23. The third-order valence-electron chi connectivity index (χ3n) is 9.28. The molecule has 0 saturated carbocycles. The van der Waals surface area contributed by atoms with Crippen molar-refractivity contribution in [3.8, 4) is 0 Å². The predicted molar refractivity (Wildman–Crippen MR) is 166 cm³/mol. The standard InChI is InChI=1S/C33H38N4O4S/c1-4-35(5-2)23-14-16-24(17-15-23)36-20-10-18-33-28(27-26(42-33)13-9-19-34(3)30(27)39)31(40)37(29(33)32(36)41)25(21-38)22-11-7-6-8-12-22/h6-18,25-29,38H,4-5,19-21H2,1-3H3/t25-,26+,27-,28+,29?,33+/m1/s1. The molecule has 4 heterocycles. The van der Waals surface area contributed by atoms with E-state index in [4.69, 9.17) is 0 Å². The van der Waals surface area contributed by atoms with Crippen LogP contribution in [0, 0.1) is 11.8 Å². The van der Waals surface area contributed by atoms with Crippen molar-refractivity contribution in [3.05, 3.63) is 84.5 Å². The third kappa shape index (κ3) is 4.36. The normalized spacial score (nSPS) is 29.2. The highest BCUT2D eigenvalue weighted by Gasteiger charge is 2.71. The molecule has 0 aliphatic carbocycles. The Kier molecular flexibility index (Phi) is 7.66. The second-order valence-corrected chi connectivity index (χ2v) is 12.9. The number of rotatable bonds is 7. The smallest absolute Gasteiger partial charge is 0.251 e. The summed E-state index contributed by atoms with van der Waals surface area (Å²) in [7, 11) is 1.76. The molecule has 4 aliphatic heterocycles. The lowest BCUT2D eigenvalue weighted by molar-refractivity contribution is -0.144. The van der Waals surface area contributed by atoms with Crippen molar-refractivity contribution in [1.82, 2.24) is 9.80 Å². The molecule has 2 aromatic carbocycles. The molecule has 220 valence electrons. The second kappa shape index (κ2) is 11.3. The summed E-state index contributed by atoms with van der Waals surface area (Å²) in [5, 5.41) is 10.5. The third-order valence-corrected chi connectivity index (χ3v) is 11.0. The van der Waals surface area contributed by atoms with E-state index in [0.717, 1.165) is 30.0 Å². The van der Waals surface area contributed by atoms with Crippen molar-refractivity contribution in [2.75, 3.05) is 49.6 Å². The zero-order valence-electron chi connectivity index (χ0n) is 24.3. The Balaban J connectivity index is 1.46. The number of hydrogen-bond donors (Lipinski definition) is 1. The topological polar surface area (TPSA) is 84.4 Å². The van der Waals surface area contributed by atoms with Gasteiger partial charge < -0.3 is 24.7 Å². The Morgan fingerprint density at radius 1 is 0.952 bits per heavy atom. The van der Waals surface area contributed by atoms with Gasteiger partial charge in [0.05, 0.1) is 29.2 Å². The molecule has 0 aromatic heterocycles. The monoisotopic (exact) mass is 586 g/mol. The molecule has 4 aliphatic rings. The minimum Gasteiger partial charge on any atom is -0.394 e. The molecule has 6 atom stereocenters. The maximum absolute atomic E-state index is 14.8. The van der Waals surface area contributed by atoms with Crippen LogP contribution in [-0.4, -0.2) is 88.5 Å². The van der Waals surface area contributed by atoms with Crippen molar-refractivity contribution in [1.29, 1.82) is 0 Å². The highest BCUT2D eigenvalue weighted by Crippen LogP contribution is 2.62. The van der Waals surface area contributed by atoms with E-state index in [1.165, 1.54) is 0 Å². The molecular formula is C33H38N4O4S. The average Bonchev–Trinajstić information content (AvgIpc) is 3.33. The first kappa shape index (κ1) is 28.6. The molecule has 0 radical (unpaired) electrons. The minimum atomic E-state index is -0.945. The van der Waals surface area contributed by atoms with Crippen LogP contribution in [0.4, 0.5) is 11.4 Å². The molecule has 0 bridgehead atoms. The van der Waals surface area contributed by atoms with Gasteiger partial charge in [0.25, 0.3) is 5.91 Å². The van der Waals surface area contributed by atoms with Gasteiger partial charge in [0.2, 0.25) is 11.8 Å². The van der Waals surface area contributed by atoms with Crippen molar-refractivity contribution < 1.29 is 19.5 Å². The maximum Gasteiger partial charge on any atom is 0.251 e. The van der Waals surface area contributed by atoms with Crippen LogP contribution >= 0.6 is 11.8 Å². The Hall–Kier alpha value is -3.56. The molecule has 1 spiro atoms. The van der Waals surface area contributed by atoms with Gasteiger partial charge in [0.1, 0.15) is 6.04 Å². The van der Waals surface area contributed by atoms with E-state index in [1.54, 1.807) is 33.5 Å². The number of carbonyl (C=O) groups excluding carboxylic acids is 3. The molecule has 2 aromatic rings. The molecule has 42 heavy (non-hydrogen) atoms. The number of hydrogen-bond acceptors (Lipinski definition) is 6. The van der Waals surface area contributed by atoms with Gasteiger partial charge >= 0.3 is 0 Å². The van der Waals surface area contributed by atoms with Gasteiger partial charge in [0.15, 0.2) is 0 Å². The van der Waals surface area contributed by atoms with Gasteiger partial charge in [-0.15, -0.1) is 11.8 Å². The van der Waals surface area contributed by atoms with Crippen molar-refractivity contribution in [2.24, 2.45) is 11.8 Å². The number of likely N-dealkylation sites (tertiary alicyclic amines) is 1. The van der Waals surface area contributed by atoms with Crippen LogP contribution in [0.15, 0.2) is 78.9 Å². The van der Waals surface area contributed by atoms with E-state index in [1.807, 2.05) is 78.9 Å². The lowest BCUT2D eigenvalue weighted by Gasteiger charge is -2.38. The summed E-state index contributed by atoms with van der Waals surface area (Å²) in [6.07, 6.45) is 8.01. The number of aliphatic hydroxyl groups excluding tert-OH is 1. The number of aliphatic hydroxyl groups is 1. The molecule has 6 rings (SSSR count). The summed E-state index contributed by atoms with van der Waals surface area (Å²) in [6, 6.07) is 15.7. The summed E-state index contributed by atoms with van der Waals surface area (Å²) in [6.45, 7) is 6.50. The summed E-state index contributed by atoms with van der Waals surface area (Å²) < 4.78 is -0.945. The fourth-order valence-electron chi connectivity index (χ4n) is 7.23. The largest absolute Gasteiger partial charge is 0.394 e. The van der Waals surface area contributed by atoms with Crippen LogP contribution in [0.3, 0.4) is 0 Å². The first-order valence-corrected chi connectivity index (χ1v) is 15.7. The summed E-state index contributed by atoms with van der Waals surface area (Å²) in [5.74, 6) is -1.85. The zero-order valence-corrected chi connectivity index (χ0v) is 25.1. The Morgan fingerprint density at radius 3 is 2.33 bits per heavy atom. The van der Waals surface area contributed by atoms with Crippen LogP contribution < -0.4 is 9.80 Å². The average molecular weight is 587 g/mol. The van der Waals surface area contributed by atoms with Crippen LogP contribution in [-0.2, 0) is 14.4 Å². The van der Waals surface area contributed by atoms with Gasteiger partial charge in [-0.25, -0.2) is 0 Å². The molecule has 9 heteroatoms. The van der Waals surface area contributed by atoms with Gasteiger partial charge in [0, 0.05) is 49.9 Å². The van der Waals surface area contributed by atoms with Crippen molar-refractivity contribution in [3.63, 3.8) is 0 Å². The molecule has 8 nitrogen and oxygen atoms in total. The van der Waals surface area contributed by atoms with E-state index >= 15 is 0 Å². The first-order chi connectivity index (χ1) is 20.4. The molecule has 3 amide bonds. The summed E-state index contributed by atoms with van der Waals surface area (Å²) in [4.78, 5) is 50.4. The second-order valence-electron chi connectivity index (χ2n) is 11.4. The van der Waals surface area contributed by atoms with Crippen LogP contribution in [0.2, 0.25) is 0 Å². The van der Waals surface area contributed by atoms with Gasteiger partial charge in [-0.1, -0.05) is 54.6 Å². The predicted octanol–water partition coefficient (Wildman–Crippen LogP) is 3.49. The van der Waals surface area contributed by atoms with Gasteiger partial charge in [-0.2, -0.15) is 0 Å². The number of anilines is 2. The number of thioether (sulfide) groups is 1. The summed E-state index contributed by atoms with van der Waals surface area (Å²) >= 11 is 1.55. The molecular weight excluding hydrogens is 548 g/mol. The Labute approximate surface area is 251 Å². The number of fused-ring (bicyclic) bond motifs is 2. The lowest BCUT2D eigenvalue weighted by atomic mass is 9.78. The van der Waals surface area contributed by atoms with Crippen LogP contribution in [0.5, 0.6) is 0 Å². The minimum absolute atomic E-state index is 0.0810. The SMILES string of the molecule is CCN(CC)c1ccc(N2CC=C[C@]34S[C@H]5C=CCN(C)C(=O)[C@H]5[C@H]3C(=O)N([C@H](CO)c3ccccc3)C4C2=O)cc1. The van der Waals surface area contributed by atoms with E-state index < -0.39 is 28.7 Å². The number of likely N-dealkylation sites (N-methyl/N-ethyl adjacent to an activating group) is 1. The van der Waals surface area contributed by atoms with Crippen molar-refractivity contribution >= 4 is 40.9 Å². The number of amides is 3. The van der Waals surface area contributed by atoms with Crippen LogP contribution in [0.25, 0.3) is 0 Å². The highest BCUT2D eigenvalue weighted by molar-refractivity contribution is 8.02. The number of benzene rings is 2. The van der Waals surface area contributed by atoms with Crippen LogP contribution in [0.1, 0.15) is 25.5 Å². The van der Waals surface area contributed by atoms with E-state index in [-0.39, 0.29) is 29.6 Å². The van der Waals surface area contributed by atoms with Crippen molar-refractivity contribution in [2.45, 2.75) is 35.9 Å². The molecule has 1 N–H and O–H groups in total. The zero-order chi connectivity index (χ0) is 29.6. The van der Waals surface area contributed by atoms with Gasteiger partial charge in [-0.05, 0) is 43.7 Å². The fraction of sp³-hybridized carbons (Fsp3) is 0.424. The van der Waals surface area contributed by atoms with E-state index in [9.17, 15) is 19.5 Å². The number of carbonyl (C=O) groups is 3. The quantitative estimate of drug-likeness (QED) is 0.501. The molecule has 2 fully saturated rings. The highest BCUT2D eigenvalue weighted by atomic mass is 32.2. The lowest BCUT2D eigenvalue weighted by Crippen LogP contribution is -2.54.